The Morgan fingerprint density at radius 1 is 1.25 bits per heavy atom. The molecule has 0 radical (unpaired) electrons. The van der Waals surface area contributed by atoms with Crippen LogP contribution >= 0.6 is 23.2 Å². The smallest absolute Gasteiger partial charge is 0.261 e. The molecule has 24 heavy (non-hydrogen) atoms. The minimum atomic E-state index is -0.657. The van der Waals surface area contributed by atoms with Gasteiger partial charge in [-0.3, -0.25) is 4.79 Å². The van der Waals surface area contributed by atoms with E-state index in [1.807, 2.05) is 12.1 Å². The van der Waals surface area contributed by atoms with Gasteiger partial charge < -0.3 is 10.1 Å². The summed E-state index contributed by atoms with van der Waals surface area (Å²) in [7, 11) is 0. The van der Waals surface area contributed by atoms with Crippen molar-refractivity contribution in [3.8, 4) is 5.75 Å². The summed E-state index contributed by atoms with van der Waals surface area (Å²) >= 11 is 12.0. The Hall–Kier alpha value is -1.71. The fraction of sp³-hybridized carbons (Fsp3) is 0.316. The molecule has 2 atom stereocenters. The van der Waals surface area contributed by atoms with Crippen LogP contribution in [0.25, 0.3) is 0 Å². The second kappa shape index (κ2) is 7.45. The van der Waals surface area contributed by atoms with Crippen LogP contribution in [0.5, 0.6) is 5.75 Å². The maximum atomic E-state index is 12.5. The minimum Gasteiger partial charge on any atom is -0.479 e. The lowest BCUT2D eigenvalue weighted by atomic mass is 9.87. The summed E-state index contributed by atoms with van der Waals surface area (Å²) in [5, 5.41) is 4.04. The van der Waals surface area contributed by atoms with Crippen molar-refractivity contribution in [2.24, 2.45) is 0 Å². The Bertz CT molecular complexity index is 748. The molecule has 0 spiro atoms. The number of rotatable bonds is 4. The molecule has 1 N–H and O–H groups in total. The second-order valence-corrected chi connectivity index (χ2v) is 6.83. The van der Waals surface area contributed by atoms with Crippen LogP contribution in [-0.4, -0.2) is 12.0 Å². The Kier molecular flexibility index (Phi) is 5.32. The van der Waals surface area contributed by atoms with Gasteiger partial charge in [-0.2, -0.15) is 0 Å². The first-order valence-corrected chi connectivity index (χ1v) is 8.80. The first kappa shape index (κ1) is 17.1. The largest absolute Gasteiger partial charge is 0.479 e. The fourth-order valence-corrected chi connectivity index (χ4v) is 3.33. The molecule has 5 heteroatoms. The molecule has 1 amide bonds. The van der Waals surface area contributed by atoms with E-state index in [0.29, 0.717) is 15.8 Å². The molecule has 0 unspecified atom stereocenters. The number of aryl methyl sites for hydroxylation is 1. The number of amides is 1. The first-order chi connectivity index (χ1) is 11.5. The molecule has 0 aliphatic heterocycles. The predicted molar refractivity (Wildman–Crippen MR) is 96.8 cm³/mol. The lowest BCUT2D eigenvalue weighted by molar-refractivity contribution is -0.128. The molecule has 3 rings (SSSR count). The molecule has 126 valence electrons. The fourth-order valence-electron chi connectivity index (χ4n) is 3.00. The molecule has 0 fully saturated rings. The molecule has 2 aromatic rings. The lowest BCUT2D eigenvalue weighted by Gasteiger charge is -2.27. The zero-order chi connectivity index (χ0) is 17.1. The Balaban J connectivity index is 1.68. The van der Waals surface area contributed by atoms with Gasteiger partial charge in [0.05, 0.1) is 11.1 Å². The van der Waals surface area contributed by atoms with Crippen molar-refractivity contribution in [3.63, 3.8) is 0 Å². The Morgan fingerprint density at radius 2 is 2.04 bits per heavy atom. The highest BCUT2D eigenvalue weighted by Gasteiger charge is 2.24. The van der Waals surface area contributed by atoms with Gasteiger partial charge in [0, 0.05) is 11.1 Å². The van der Waals surface area contributed by atoms with Crippen molar-refractivity contribution >= 4 is 29.1 Å². The summed E-state index contributed by atoms with van der Waals surface area (Å²) in [5.41, 5.74) is 2.51. The maximum absolute atomic E-state index is 12.5. The van der Waals surface area contributed by atoms with Gasteiger partial charge in [0.1, 0.15) is 5.75 Å². The van der Waals surface area contributed by atoms with Crippen molar-refractivity contribution in [1.82, 2.24) is 5.32 Å². The third-order valence-electron chi connectivity index (χ3n) is 4.25. The van der Waals surface area contributed by atoms with E-state index in [9.17, 15) is 4.79 Å². The number of carbonyl (C=O) groups is 1. The monoisotopic (exact) mass is 363 g/mol. The van der Waals surface area contributed by atoms with Crippen LogP contribution in [0.3, 0.4) is 0 Å². The summed E-state index contributed by atoms with van der Waals surface area (Å²) in [6, 6.07) is 13.2. The van der Waals surface area contributed by atoms with Gasteiger partial charge in [0.2, 0.25) is 0 Å². The van der Waals surface area contributed by atoms with Gasteiger partial charge in [-0.1, -0.05) is 47.5 Å². The van der Waals surface area contributed by atoms with Crippen molar-refractivity contribution in [2.45, 2.75) is 38.3 Å². The SMILES string of the molecule is C[C@H](Oc1cc(Cl)ccc1Cl)C(=O)N[C@H]1CCCc2ccccc21. The highest BCUT2D eigenvalue weighted by atomic mass is 35.5. The number of benzene rings is 2. The van der Waals surface area contributed by atoms with Gasteiger partial charge in [0.15, 0.2) is 6.10 Å². The van der Waals surface area contributed by atoms with Gasteiger partial charge in [0.25, 0.3) is 5.91 Å². The molecule has 2 aromatic carbocycles. The highest BCUT2D eigenvalue weighted by Crippen LogP contribution is 2.31. The van der Waals surface area contributed by atoms with E-state index in [0.717, 1.165) is 19.3 Å². The van der Waals surface area contributed by atoms with Crippen molar-refractivity contribution in [2.75, 3.05) is 0 Å². The van der Waals surface area contributed by atoms with E-state index < -0.39 is 6.10 Å². The Morgan fingerprint density at radius 3 is 2.88 bits per heavy atom. The molecule has 0 aromatic heterocycles. The molecule has 0 saturated heterocycles. The van der Waals surface area contributed by atoms with E-state index in [-0.39, 0.29) is 11.9 Å². The van der Waals surface area contributed by atoms with Gasteiger partial charge in [-0.05, 0) is 49.4 Å². The number of nitrogens with one attached hydrogen (secondary N) is 1. The van der Waals surface area contributed by atoms with Gasteiger partial charge in [-0.15, -0.1) is 0 Å². The summed E-state index contributed by atoms with van der Waals surface area (Å²) < 4.78 is 5.69. The normalized spacial score (nSPS) is 17.7. The highest BCUT2D eigenvalue weighted by molar-refractivity contribution is 6.34. The summed E-state index contributed by atoms with van der Waals surface area (Å²) in [4.78, 5) is 12.5. The molecular formula is C19H19Cl2NO2. The first-order valence-electron chi connectivity index (χ1n) is 8.04. The quantitative estimate of drug-likeness (QED) is 0.833. The van der Waals surface area contributed by atoms with Crippen LogP contribution in [0.2, 0.25) is 10.0 Å². The average Bonchev–Trinajstić information content (AvgIpc) is 2.58. The van der Waals surface area contributed by atoms with Crippen LogP contribution in [0.15, 0.2) is 42.5 Å². The molecule has 0 saturated carbocycles. The Labute approximate surface area is 151 Å². The van der Waals surface area contributed by atoms with E-state index in [1.165, 1.54) is 11.1 Å². The third-order valence-corrected chi connectivity index (χ3v) is 4.80. The van der Waals surface area contributed by atoms with Crippen LogP contribution in [0.4, 0.5) is 0 Å². The summed E-state index contributed by atoms with van der Waals surface area (Å²) in [6.07, 6.45) is 2.41. The van der Waals surface area contributed by atoms with Crippen molar-refractivity contribution < 1.29 is 9.53 Å². The standard InChI is InChI=1S/C19H19Cl2NO2/c1-12(24-18-11-14(20)9-10-16(18)21)19(23)22-17-8-4-6-13-5-2-3-7-15(13)17/h2-3,5,7,9-12,17H,4,6,8H2,1H3,(H,22,23)/t12-,17-/m0/s1. The molecular weight excluding hydrogens is 345 g/mol. The maximum Gasteiger partial charge on any atom is 0.261 e. The lowest BCUT2D eigenvalue weighted by Crippen LogP contribution is -2.39. The van der Waals surface area contributed by atoms with E-state index in [2.05, 4.69) is 17.4 Å². The summed E-state index contributed by atoms with van der Waals surface area (Å²) in [6.45, 7) is 1.71. The molecule has 0 heterocycles. The van der Waals surface area contributed by atoms with Crippen LogP contribution < -0.4 is 10.1 Å². The zero-order valence-corrected chi connectivity index (χ0v) is 14.9. The average molecular weight is 364 g/mol. The van der Waals surface area contributed by atoms with Crippen LogP contribution in [-0.2, 0) is 11.2 Å². The van der Waals surface area contributed by atoms with Crippen LogP contribution in [0.1, 0.15) is 36.9 Å². The number of halogens is 2. The van der Waals surface area contributed by atoms with E-state index in [4.69, 9.17) is 27.9 Å². The second-order valence-electron chi connectivity index (χ2n) is 5.99. The predicted octanol–water partition coefficient (Wildman–Crippen LogP) is 4.95. The van der Waals surface area contributed by atoms with Crippen molar-refractivity contribution in [3.05, 3.63) is 63.6 Å². The number of hydrogen-bond donors (Lipinski definition) is 1. The molecule has 1 aliphatic rings. The molecule has 3 nitrogen and oxygen atoms in total. The van der Waals surface area contributed by atoms with E-state index >= 15 is 0 Å². The van der Waals surface area contributed by atoms with Gasteiger partial charge >= 0.3 is 0 Å². The molecule has 1 aliphatic carbocycles. The molecule has 0 bridgehead atoms. The van der Waals surface area contributed by atoms with E-state index in [1.54, 1.807) is 25.1 Å². The van der Waals surface area contributed by atoms with Gasteiger partial charge in [-0.25, -0.2) is 0 Å². The topological polar surface area (TPSA) is 38.3 Å². The van der Waals surface area contributed by atoms with Crippen LogP contribution in [0, 0.1) is 0 Å². The number of ether oxygens (including phenoxy) is 1. The van der Waals surface area contributed by atoms with Crippen molar-refractivity contribution in [1.29, 1.82) is 0 Å². The zero-order valence-electron chi connectivity index (χ0n) is 13.4. The summed E-state index contributed by atoms with van der Waals surface area (Å²) in [5.74, 6) is 0.253. The number of hydrogen-bond acceptors (Lipinski definition) is 2. The minimum absolute atomic E-state index is 0.0309. The third kappa shape index (κ3) is 3.85. The number of carbonyl (C=O) groups excluding carboxylic acids is 1. The number of fused-ring (bicyclic) bond motifs is 1.